The number of amides is 1. The predicted octanol–water partition coefficient (Wildman–Crippen LogP) is 2.22. The quantitative estimate of drug-likeness (QED) is 0.802. The van der Waals surface area contributed by atoms with Gasteiger partial charge in [-0.1, -0.05) is 56.4 Å². The number of benzene rings is 1. The van der Waals surface area contributed by atoms with Gasteiger partial charge in [-0.25, -0.2) is 0 Å². The van der Waals surface area contributed by atoms with Gasteiger partial charge in [0.1, 0.15) is 0 Å². The Kier molecular flexibility index (Phi) is 5.28. The van der Waals surface area contributed by atoms with E-state index in [-0.39, 0.29) is 23.8 Å². The minimum atomic E-state index is -0.251. The Labute approximate surface area is 114 Å². The molecule has 0 heterocycles. The van der Waals surface area contributed by atoms with Gasteiger partial charge in [0.15, 0.2) is 0 Å². The Hall–Kier alpha value is -1.42. The first kappa shape index (κ1) is 14.6. The summed E-state index contributed by atoms with van der Waals surface area (Å²) in [5.41, 5.74) is 6.63. The molecule has 0 fully saturated rings. The summed E-state index contributed by atoms with van der Waals surface area (Å²) in [7, 11) is 0. The van der Waals surface area contributed by atoms with Crippen LogP contribution in [0.25, 0.3) is 0 Å². The molecule has 1 aromatic rings. The lowest BCUT2D eigenvalue weighted by molar-refractivity contribution is -0.122. The van der Waals surface area contributed by atoms with Crippen LogP contribution in [0.4, 0.5) is 0 Å². The summed E-state index contributed by atoms with van der Waals surface area (Å²) in [5.74, 6) is -0.0658. The van der Waals surface area contributed by atoms with Crippen LogP contribution in [0, 0.1) is 5.92 Å². The maximum absolute atomic E-state index is 12.1. The van der Waals surface area contributed by atoms with Crippen molar-refractivity contribution in [2.24, 2.45) is 11.7 Å². The molecule has 2 atom stereocenters. The van der Waals surface area contributed by atoms with Gasteiger partial charge >= 0.3 is 0 Å². The molecule has 1 rings (SSSR count). The van der Waals surface area contributed by atoms with Gasteiger partial charge in [-0.15, -0.1) is 0 Å². The normalized spacial score (nSPS) is 14.0. The van der Waals surface area contributed by atoms with Crippen LogP contribution in [0.2, 0.25) is 0 Å². The van der Waals surface area contributed by atoms with Crippen molar-refractivity contribution < 1.29 is 4.79 Å². The van der Waals surface area contributed by atoms with Crippen molar-refractivity contribution in [1.29, 1.82) is 0 Å². The number of carbonyl (C=O) groups excluding carboxylic acids is 1. The standard InChI is InChI=1S/C14H20N2OS/c1-9(2)12(13(15)18)16-14(17)10(3)11-7-5-4-6-8-11/h4-10,12H,1-3H3,(H2,15,18)(H,16,17). The summed E-state index contributed by atoms with van der Waals surface area (Å²) in [6.45, 7) is 5.84. The first-order chi connectivity index (χ1) is 8.43. The lowest BCUT2D eigenvalue weighted by atomic mass is 9.98. The van der Waals surface area contributed by atoms with Gasteiger partial charge in [-0.05, 0) is 18.4 Å². The summed E-state index contributed by atoms with van der Waals surface area (Å²) in [5, 5.41) is 2.91. The number of thiocarbonyl (C=S) groups is 1. The van der Waals surface area contributed by atoms with Crippen LogP contribution in [0.5, 0.6) is 0 Å². The van der Waals surface area contributed by atoms with Crippen LogP contribution in [0.15, 0.2) is 30.3 Å². The molecule has 3 N–H and O–H groups in total. The molecule has 0 saturated heterocycles. The van der Waals surface area contributed by atoms with E-state index in [1.165, 1.54) is 0 Å². The van der Waals surface area contributed by atoms with Gasteiger partial charge in [0.25, 0.3) is 0 Å². The zero-order valence-corrected chi connectivity index (χ0v) is 11.8. The van der Waals surface area contributed by atoms with E-state index in [2.05, 4.69) is 5.32 Å². The topological polar surface area (TPSA) is 55.1 Å². The molecule has 4 heteroatoms. The fourth-order valence-corrected chi connectivity index (χ4v) is 2.07. The monoisotopic (exact) mass is 264 g/mol. The average molecular weight is 264 g/mol. The van der Waals surface area contributed by atoms with Crippen molar-refractivity contribution >= 4 is 23.1 Å². The summed E-state index contributed by atoms with van der Waals surface area (Å²) in [6.07, 6.45) is 0. The van der Waals surface area contributed by atoms with Crippen LogP contribution in [-0.2, 0) is 4.79 Å². The van der Waals surface area contributed by atoms with E-state index in [1.54, 1.807) is 0 Å². The second-order valence-electron chi connectivity index (χ2n) is 4.77. The van der Waals surface area contributed by atoms with Gasteiger partial charge in [-0.2, -0.15) is 0 Å². The molecule has 3 nitrogen and oxygen atoms in total. The van der Waals surface area contributed by atoms with Crippen LogP contribution in [0.1, 0.15) is 32.3 Å². The van der Waals surface area contributed by atoms with E-state index in [1.807, 2.05) is 51.1 Å². The van der Waals surface area contributed by atoms with Crippen LogP contribution >= 0.6 is 12.2 Å². The van der Waals surface area contributed by atoms with E-state index in [9.17, 15) is 4.79 Å². The molecule has 0 bridgehead atoms. The van der Waals surface area contributed by atoms with Crippen molar-refractivity contribution in [1.82, 2.24) is 5.32 Å². The third-order valence-corrected chi connectivity index (χ3v) is 3.22. The predicted molar refractivity (Wildman–Crippen MR) is 78.4 cm³/mol. The summed E-state index contributed by atoms with van der Waals surface area (Å²) in [6, 6.07) is 9.41. The number of nitrogens with one attached hydrogen (secondary N) is 1. The molecule has 0 spiro atoms. The lowest BCUT2D eigenvalue weighted by Crippen LogP contribution is -2.48. The first-order valence-corrected chi connectivity index (χ1v) is 6.49. The third-order valence-electron chi connectivity index (χ3n) is 2.96. The van der Waals surface area contributed by atoms with E-state index in [0.717, 1.165) is 5.56 Å². The molecule has 0 radical (unpaired) electrons. The molecule has 0 aromatic heterocycles. The number of carbonyl (C=O) groups is 1. The highest BCUT2D eigenvalue weighted by atomic mass is 32.1. The maximum atomic E-state index is 12.1. The Balaban J connectivity index is 2.73. The Morgan fingerprint density at radius 3 is 2.22 bits per heavy atom. The van der Waals surface area contributed by atoms with Crippen LogP contribution in [0.3, 0.4) is 0 Å². The molecule has 2 unspecified atom stereocenters. The molecular weight excluding hydrogens is 244 g/mol. The lowest BCUT2D eigenvalue weighted by Gasteiger charge is -2.23. The Bertz CT molecular complexity index is 417. The highest BCUT2D eigenvalue weighted by Gasteiger charge is 2.22. The van der Waals surface area contributed by atoms with Gasteiger partial charge < -0.3 is 11.1 Å². The number of hydrogen-bond donors (Lipinski definition) is 2. The second kappa shape index (κ2) is 6.50. The molecule has 0 saturated carbocycles. The first-order valence-electron chi connectivity index (χ1n) is 6.08. The molecular formula is C14H20N2OS. The molecule has 18 heavy (non-hydrogen) atoms. The SMILES string of the molecule is CC(C(=O)NC(C(N)=S)C(C)C)c1ccccc1. The number of hydrogen-bond acceptors (Lipinski definition) is 2. The molecule has 0 aliphatic rings. The third kappa shape index (κ3) is 3.81. The average Bonchev–Trinajstić information content (AvgIpc) is 2.35. The van der Waals surface area contributed by atoms with Crippen LogP contribution in [-0.4, -0.2) is 16.9 Å². The van der Waals surface area contributed by atoms with Gasteiger partial charge in [0.2, 0.25) is 5.91 Å². The Morgan fingerprint density at radius 1 is 1.22 bits per heavy atom. The van der Waals surface area contributed by atoms with Crippen LogP contribution < -0.4 is 11.1 Å². The van der Waals surface area contributed by atoms with E-state index >= 15 is 0 Å². The molecule has 98 valence electrons. The minimum absolute atomic E-state index is 0.0484. The molecule has 0 aliphatic heterocycles. The zero-order chi connectivity index (χ0) is 13.7. The van der Waals surface area contributed by atoms with E-state index < -0.39 is 0 Å². The van der Waals surface area contributed by atoms with Crippen molar-refractivity contribution in [3.63, 3.8) is 0 Å². The molecule has 0 aliphatic carbocycles. The zero-order valence-electron chi connectivity index (χ0n) is 11.0. The highest BCUT2D eigenvalue weighted by molar-refractivity contribution is 7.80. The van der Waals surface area contributed by atoms with Gasteiger partial charge in [0.05, 0.1) is 16.9 Å². The Morgan fingerprint density at radius 2 is 1.78 bits per heavy atom. The van der Waals surface area contributed by atoms with Crippen molar-refractivity contribution in [3.8, 4) is 0 Å². The van der Waals surface area contributed by atoms with Gasteiger partial charge in [-0.3, -0.25) is 4.79 Å². The molecule has 1 amide bonds. The second-order valence-corrected chi connectivity index (χ2v) is 5.24. The highest BCUT2D eigenvalue weighted by Crippen LogP contribution is 2.15. The van der Waals surface area contributed by atoms with Crippen molar-refractivity contribution in [3.05, 3.63) is 35.9 Å². The number of nitrogens with two attached hydrogens (primary N) is 1. The van der Waals surface area contributed by atoms with E-state index in [4.69, 9.17) is 18.0 Å². The van der Waals surface area contributed by atoms with Crippen molar-refractivity contribution in [2.75, 3.05) is 0 Å². The smallest absolute Gasteiger partial charge is 0.227 e. The largest absolute Gasteiger partial charge is 0.392 e. The summed E-state index contributed by atoms with van der Waals surface area (Å²) < 4.78 is 0. The van der Waals surface area contributed by atoms with E-state index in [0.29, 0.717) is 4.99 Å². The number of rotatable bonds is 5. The minimum Gasteiger partial charge on any atom is -0.392 e. The summed E-state index contributed by atoms with van der Waals surface area (Å²) >= 11 is 4.98. The van der Waals surface area contributed by atoms with Gasteiger partial charge in [0, 0.05) is 0 Å². The van der Waals surface area contributed by atoms with Crippen molar-refractivity contribution in [2.45, 2.75) is 32.7 Å². The summed E-state index contributed by atoms with van der Waals surface area (Å²) in [4.78, 5) is 12.5. The fraction of sp³-hybridized carbons (Fsp3) is 0.429. The maximum Gasteiger partial charge on any atom is 0.227 e. The fourth-order valence-electron chi connectivity index (χ4n) is 1.74. The molecule has 1 aromatic carbocycles.